The van der Waals surface area contributed by atoms with Gasteiger partial charge in [-0.05, 0) is 33.8 Å². The van der Waals surface area contributed by atoms with E-state index in [1.54, 1.807) is 0 Å². The summed E-state index contributed by atoms with van der Waals surface area (Å²) in [5.74, 6) is 0. The van der Waals surface area contributed by atoms with Gasteiger partial charge in [0.2, 0.25) is 12.4 Å². The fourth-order valence-electron chi connectivity index (χ4n) is 1.99. The highest BCUT2D eigenvalue weighted by Crippen LogP contribution is 2.20. The number of pyridine rings is 1. The van der Waals surface area contributed by atoms with Crippen LogP contribution in [0.4, 0.5) is 5.69 Å². The molecule has 0 bridgehead atoms. The van der Waals surface area contributed by atoms with E-state index >= 15 is 0 Å². The average Bonchev–Trinajstić information content (AvgIpc) is 2.51. The maximum atomic E-state index is 8.49. The van der Waals surface area contributed by atoms with Crippen LogP contribution in [-0.4, -0.2) is 20.3 Å². The molecule has 0 atom stereocenters. The van der Waals surface area contributed by atoms with Crippen LogP contribution >= 0.6 is 0 Å². The zero-order chi connectivity index (χ0) is 20.0. The first-order valence-corrected chi connectivity index (χ1v) is 9.05. The van der Waals surface area contributed by atoms with Crippen LogP contribution in [0.15, 0.2) is 53.9 Å². The molecule has 0 amide bonds. The van der Waals surface area contributed by atoms with Gasteiger partial charge in [0.15, 0.2) is 0 Å². The van der Waals surface area contributed by atoms with Gasteiger partial charge >= 0.3 is 0 Å². The normalized spacial score (nSPS) is 11.9. The first kappa shape index (κ1) is 22.0. The molecule has 1 aromatic heterocycles. The van der Waals surface area contributed by atoms with Gasteiger partial charge in [-0.25, -0.2) is 18.6 Å². The highest BCUT2D eigenvalue weighted by Gasteiger charge is 2.14. The zero-order valence-corrected chi connectivity index (χ0v) is 16.3. The molecule has 0 fully saturated rings. The summed E-state index contributed by atoms with van der Waals surface area (Å²) in [4.78, 5) is 2.08. The van der Waals surface area contributed by atoms with E-state index in [2.05, 4.69) is 67.2 Å². The van der Waals surface area contributed by atoms with Gasteiger partial charge < -0.3 is 4.90 Å². The summed E-state index contributed by atoms with van der Waals surface area (Å²) >= 11 is 0. The van der Waals surface area contributed by atoms with E-state index < -0.39 is 10.2 Å². The second-order valence-electron chi connectivity index (χ2n) is 6.83. The number of nitrogens with zero attached hydrogens (tertiary/aromatic N) is 3. The van der Waals surface area contributed by atoms with Crippen molar-refractivity contribution in [2.75, 3.05) is 19.0 Å². The summed E-state index contributed by atoms with van der Waals surface area (Å²) in [6.45, 7) is 6.63. The molecule has 1 heterocycles. The van der Waals surface area contributed by atoms with Crippen molar-refractivity contribution >= 4 is 11.9 Å². The lowest BCUT2D eigenvalue weighted by molar-refractivity contribution is -2.00. The molecule has 26 heavy (non-hydrogen) atoms. The van der Waals surface area contributed by atoms with E-state index in [0.717, 1.165) is 5.56 Å². The van der Waals surface area contributed by atoms with E-state index in [0.29, 0.717) is 0 Å². The molecule has 2 rings (SSSR count). The van der Waals surface area contributed by atoms with Gasteiger partial charge in [0, 0.05) is 31.9 Å². The summed E-state index contributed by atoms with van der Waals surface area (Å²) in [5.41, 5.74) is 3.76. The standard InChI is InChI=1S/C18H24N3.ClHO4/c1-18(2,3)16-10-12-21(13-11-16)19-14-15-6-8-17(9-7-15)20(4)5;2-1(3,4)5/h6-14H,1-5H3;(H,2,3,4,5)/q+1;/p-1. The van der Waals surface area contributed by atoms with Crippen molar-refractivity contribution in [3.8, 4) is 0 Å². The van der Waals surface area contributed by atoms with Crippen molar-refractivity contribution in [2.24, 2.45) is 5.10 Å². The first-order chi connectivity index (χ1) is 11.9. The second-order valence-corrected chi connectivity index (χ2v) is 7.58. The number of rotatable bonds is 3. The van der Waals surface area contributed by atoms with Crippen molar-refractivity contribution in [3.63, 3.8) is 0 Å². The number of halogens is 1. The van der Waals surface area contributed by atoms with Gasteiger partial charge in [0.1, 0.15) is 6.21 Å². The van der Waals surface area contributed by atoms with Gasteiger partial charge in [-0.2, -0.15) is 0 Å². The van der Waals surface area contributed by atoms with E-state index in [1.165, 1.54) is 11.3 Å². The number of hydrogen-bond acceptors (Lipinski definition) is 6. The number of benzene rings is 1. The van der Waals surface area contributed by atoms with Gasteiger partial charge in [-0.15, -0.1) is 10.2 Å². The average molecular weight is 382 g/mol. The summed E-state index contributed by atoms with van der Waals surface area (Å²) in [6, 6.07) is 12.6. The van der Waals surface area contributed by atoms with Crippen molar-refractivity contribution < 1.29 is 33.6 Å². The predicted molar refractivity (Wildman–Crippen MR) is 89.1 cm³/mol. The monoisotopic (exact) mass is 381 g/mol. The summed E-state index contributed by atoms with van der Waals surface area (Å²) in [5, 5.41) is 4.45. The lowest BCUT2D eigenvalue weighted by Crippen LogP contribution is -2.68. The van der Waals surface area contributed by atoms with Crippen LogP contribution in [0.3, 0.4) is 0 Å². The molecule has 2 aromatic rings. The minimum Gasteiger partial charge on any atom is -0.378 e. The largest absolute Gasteiger partial charge is 0.378 e. The molecule has 0 N–H and O–H groups in total. The molecule has 7 nitrogen and oxygen atoms in total. The Hall–Kier alpha value is -2.03. The highest BCUT2D eigenvalue weighted by atomic mass is 35.7. The Bertz CT molecular complexity index is 697. The van der Waals surface area contributed by atoms with Gasteiger partial charge in [0.05, 0.1) is 0 Å². The molecule has 0 saturated carbocycles. The molecule has 0 aliphatic rings. The minimum atomic E-state index is -4.94. The molecule has 1 aromatic carbocycles. The Morgan fingerprint density at radius 2 is 1.38 bits per heavy atom. The quantitative estimate of drug-likeness (QED) is 0.472. The Kier molecular flexibility index (Phi) is 7.68. The Balaban J connectivity index is 0.000000597. The van der Waals surface area contributed by atoms with Crippen LogP contribution in [0.1, 0.15) is 31.9 Å². The maximum Gasteiger partial charge on any atom is 0.202 e. The Morgan fingerprint density at radius 1 is 0.923 bits per heavy atom. The highest BCUT2D eigenvalue weighted by molar-refractivity contribution is 5.79. The number of hydrogen-bond donors (Lipinski definition) is 0. The third kappa shape index (κ3) is 8.89. The Labute approximate surface area is 156 Å². The topological polar surface area (TPSA) is 112 Å². The molecule has 8 heteroatoms. The number of aromatic nitrogens is 1. The van der Waals surface area contributed by atoms with Crippen LogP contribution in [-0.2, 0) is 5.41 Å². The zero-order valence-electron chi connectivity index (χ0n) is 15.5. The second kappa shape index (κ2) is 9.07. The summed E-state index contributed by atoms with van der Waals surface area (Å²) < 4.78 is 35.8. The molecule has 0 radical (unpaired) electrons. The predicted octanol–water partition coefficient (Wildman–Crippen LogP) is -1.54. The number of anilines is 1. The SMILES string of the molecule is CN(C)c1ccc(C=N[n+]2ccc(C(C)(C)C)cc2)cc1.[O-][Cl+3]([O-])([O-])[O-]. The molecule has 0 unspecified atom stereocenters. The fraction of sp³-hybridized carbons (Fsp3) is 0.333. The lowest BCUT2D eigenvalue weighted by atomic mass is 9.88. The van der Waals surface area contributed by atoms with Crippen LogP contribution in [0.5, 0.6) is 0 Å². The molecular weight excluding hydrogens is 358 g/mol. The van der Waals surface area contributed by atoms with Crippen LogP contribution in [0.2, 0.25) is 0 Å². The van der Waals surface area contributed by atoms with Gasteiger partial charge in [-0.3, -0.25) is 0 Å². The van der Waals surface area contributed by atoms with Crippen molar-refractivity contribution in [2.45, 2.75) is 26.2 Å². The molecule has 0 aliphatic carbocycles. The third-order valence-electron chi connectivity index (χ3n) is 3.43. The van der Waals surface area contributed by atoms with E-state index in [9.17, 15) is 0 Å². The van der Waals surface area contributed by atoms with Crippen LogP contribution in [0.25, 0.3) is 0 Å². The first-order valence-electron chi connectivity index (χ1n) is 7.81. The van der Waals surface area contributed by atoms with Gasteiger partial charge in [-0.1, -0.05) is 37.6 Å². The third-order valence-corrected chi connectivity index (χ3v) is 3.43. The molecule has 0 saturated heterocycles. The van der Waals surface area contributed by atoms with E-state index in [-0.39, 0.29) is 5.41 Å². The lowest BCUT2D eigenvalue weighted by Gasteiger charge is -2.17. The van der Waals surface area contributed by atoms with Gasteiger partial charge in [0.25, 0.3) is 0 Å². The van der Waals surface area contributed by atoms with Crippen LogP contribution < -0.4 is 28.2 Å². The van der Waals surface area contributed by atoms with Crippen LogP contribution in [0, 0.1) is 10.2 Å². The van der Waals surface area contributed by atoms with Crippen molar-refractivity contribution in [1.82, 2.24) is 0 Å². The molecule has 0 aliphatic heterocycles. The summed E-state index contributed by atoms with van der Waals surface area (Å²) in [7, 11) is -0.870. The Morgan fingerprint density at radius 3 is 1.77 bits per heavy atom. The molecule has 142 valence electrons. The van der Waals surface area contributed by atoms with Crippen molar-refractivity contribution in [3.05, 3.63) is 59.9 Å². The molecule has 0 spiro atoms. The smallest absolute Gasteiger partial charge is 0.202 e. The minimum absolute atomic E-state index is 0.171. The van der Waals surface area contributed by atoms with E-state index in [1.807, 2.05) is 37.4 Å². The molecular formula is C18H24ClN3O4. The fourth-order valence-corrected chi connectivity index (χ4v) is 1.99. The van der Waals surface area contributed by atoms with E-state index in [4.69, 9.17) is 18.6 Å². The van der Waals surface area contributed by atoms with Crippen molar-refractivity contribution in [1.29, 1.82) is 0 Å². The summed E-state index contributed by atoms with van der Waals surface area (Å²) in [6.07, 6.45) is 5.85. The maximum absolute atomic E-state index is 8.49.